The van der Waals surface area contributed by atoms with Gasteiger partial charge in [0.2, 0.25) is 0 Å². The van der Waals surface area contributed by atoms with E-state index in [1.807, 2.05) is 18.2 Å². The Bertz CT molecular complexity index is 5340. The predicted molar refractivity (Wildman–Crippen MR) is 344 cm³/mol. The van der Waals surface area contributed by atoms with E-state index in [2.05, 4.69) is 233 Å². The van der Waals surface area contributed by atoms with Gasteiger partial charge in [-0.3, -0.25) is 0 Å². The van der Waals surface area contributed by atoms with E-state index in [0.29, 0.717) is 17.1 Å². The molecule has 0 saturated heterocycles. The molecule has 0 fully saturated rings. The third-order valence-corrected chi connectivity index (χ3v) is 18.7. The zero-order valence-corrected chi connectivity index (χ0v) is 47.1. The Morgan fingerprint density at radius 1 is 0.439 bits per heavy atom. The molecule has 0 bridgehead atoms. The van der Waals surface area contributed by atoms with Gasteiger partial charge < -0.3 is 22.7 Å². The van der Waals surface area contributed by atoms with Gasteiger partial charge in [-0.15, -0.1) is 0 Å². The number of aromatic nitrogens is 2. The third-order valence-electron chi connectivity index (χ3n) is 17.6. The van der Waals surface area contributed by atoms with E-state index >= 15 is 0 Å². The lowest BCUT2D eigenvalue weighted by molar-refractivity contribution is 0.489. The van der Waals surface area contributed by atoms with Crippen LogP contribution in [0.25, 0.3) is 121 Å². The summed E-state index contributed by atoms with van der Waals surface area (Å²) in [6, 6.07) is 73.1. The van der Waals surface area contributed by atoms with Crippen LogP contribution in [-0.4, -0.2) is 15.8 Å². The zero-order valence-electron chi connectivity index (χ0n) is 49.2. The molecular weight excluding hydrogens is 1020 g/mol. The third kappa shape index (κ3) is 6.71. The second-order valence-corrected chi connectivity index (χ2v) is 25.6. The predicted octanol–water partition coefficient (Wildman–Crippen LogP) is 19.0. The highest BCUT2D eigenvalue weighted by molar-refractivity contribution is 8.00. The van der Waals surface area contributed by atoms with Gasteiger partial charge in [-0.2, -0.15) is 0 Å². The second-order valence-electron chi connectivity index (χ2n) is 24.5. The fourth-order valence-corrected chi connectivity index (χ4v) is 15.1. The van der Waals surface area contributed by atoms with Crippen molar-refractivity contribution < 1.29 is 17.7 Å². The fourth-order valence-electron chi connectivity index (χ4n) is 13.7. The van der Waals surface area contributed by atoms with Crippen molar-refractivity contribution in [3.8, 4) is 45.1 Å². The summed E-state index contributed by atoms with van der Waals surface area (Å²) in [6.45, 7) is 10.7. The van der Waals surface area contributed by atoms with Crippen LogP contribution in [0.15, 0.2) is 225 Å². The topological polar surface area (TPSA) is 45.4 Å². The summed E-state index contributed by atoms with van der Waals surface area (Å²) < 4.78 is 54.9. The van der Waals surface area contributed by atoms with Gasteiger partial charge in [-0.1, -0.05) is 199 Å². The van der Waals surface area contributed by atoms with Gasteiger partial charge in [-0.05, 0) is 128 Å². The van der Waals surface area contributed by atoms with Gasteiger partial charge in [0.25, 0.3) is 6.71 Å². The number of nitrogens with zero attached hydrogens (tertiary/aromatic N) is 2. The summed E-state index contributed by atoms with van der Waals surface area (Å²) in [5.74, 6) is 1.11. The van der Waals surface area contributed by atoms with Gasteiger partial charge >= 0.3 is 0 Å². The smallest absolute Gasteiger partial charge is 0.263 e. The van der Waals surface area contributed by atoms with Crippen LogP contribution in [0, 0.1) is 6.85 Å². The minimum absolute atomic E-state index is 0.201. The Morgan fingerprint density at radius 3 is 1.51 bits per heavy atom. The maximum atomic E-state index is 9.11. The molecule has 4 aromatic heterocycles. The molecule has 2 aliphatic rings. The van der Waals surface area contributed by atoms with Crippen molar-refractivity contribution in [3.05, 3.63) is 223 Å². The van der Waals surface area contributed by atoms with E-state index in [1.54, 1.807) is 17.8 Å². The number of para-hydroxylation sites is 3. The molecule has 5 nitrogen and oxygen atoms in total. The Balaban J connectivity index is 1.11. The molecule has 0 amide bonds. The number of hydrogen-bond acceptors (Lipinski definition) is 4. The Kier molecular flexibility index (Phi) is 9.21. The van der Waals surface area contributed by atoms with Crippen molar-refractivity contribution in [2.45, 2.75) is 69.0 Å². The molecule has 0 aliphatic carbocycles. The number of hydrogen-bond donors (Lipinski definition) is 0. The monoisotopic (exact) mass is 1080 g/mol. The van der Waals surface area contributed by atoms with Gasteiger partial charge in [0.15, 0.2) is 5.75 Å². The van der Waals surface area contributed by atoms with E-state index in [1.165, 1.54) is 11.1 Å². The van der Waals surface area contributed by atoms with Crippen molar-refractivity contribution in [1.29, 1.82) is 0 Å². The molecule has 0 unspecified atom stereocenters. The minimum atomic E-state index is -2.46. The standard InChI is InChI=1S/C75H55BN2O3S/c1-42-35-59-65-60(36-42)82-73-67(71-64(54-28-18-20-30-58(54)80-71)62-52-34-32-45(43-21-11-8-12-22-43)37-55(52)77(69(62)73)49-25-15-10-16-26-49)76(65)66-70-63(53-27-17-19-29-57(53)79-70)61-51-33-31-46(44-23-13-9-14-24-44)38-56(51)78(68(61)72(66)81-59)50-40-47(74(2,3)4)39-48(41-50)75(5,6)7/h8-41H,1-7H3/i1D3. The number of benzene rings is 11. The summed E-state index contributed by atoms with van der Waals surface area (Å²) in [5.41, 5.74) is 18.4. The highest BCUT2D eigenvalue weighted by atomic mass is 32.2. The first kappa shape index (κ1) is 44.6. The summed E-state index contributed by atoms with van der Waals surface area (Å²) in [4.78, 5) is 1.79. The van der Waals surface area contributed by atoms with Crippen LogP contribution in [0.1, 0.15) is 62.3 Å². The van der Waals surface area contributed by atoms with Crippen molar-refractivity contribution in [3.63, 3.8) is 0 Å². The normalized spacial score (nSPS) is 14.0. The largest absolute Gasteiger partial charge is 0.457 e. The van der Waals surface area contributed by atoms with Crippen LogP contribution in [0.4, 0.5) is 0 Å². The molecule has 0 radical (unpaired) electrons. The van der Waals surface area contributed by atoms with E-state index in [0.717, 1.165) is 142 Å². The quantitative estimate of drug-likeness (QED) is 0.165. The molecule has 2 aliphatic heterocycles. The number of aryl methyl sites for hydroxylation is 1. The molecule has 0 saturated carbocycles. The highest BCUT2D eigenvalue weighted by Gasteiger charge is 2.47. The lowest BCUT2D eigenvalue weighted by atomic mass is 9.35. The summed E-state index contributed by atoms with van der Waals surface area (Å²) in [5, 5.41) is 8.21. The van der Waals surface area contributed by atoms with E-state index in [-0.39, 0.29) is 16.4 Å². The molecule has 7 heteroatoms. The van der Waals surface area contributed by atoms with Crippen molar-refractivity contribution in [2.24, 2.45) is 0 Å². The average molecular weight is 1080 g/mol. The van der Waals surface area contributed by atoms with E-state index < -0.39 is 13.6 Å². The first-order valence-corrected chi connectivity index (χ1v) is 29.2. The van der Waals surface area contributed by atoms with Crippen LogP contribution in [0.3, 0.4) is 0 Å². The highest BCUT2D eigenvalue weighted by Crippen LogP contribution is 2.53. The first-order chi connectivity index (χ1) is 41.1. The van der Waals surface area contributed by atoms with E-state index in [9.17, 15) is 0 Å². The molecule has 6 heterocycles. The van der Waals surface area contributed by atoms with Gasteiger partial charge in [0.1, 0.15) is 28.1 Å². The van der Waals surface area contributed by atoms with Crippen molar-refractivity contribution >= 4 is 122 Å². The van der Waals surface area contributed by atoms with Crippen LogP contribution >= 0.6 is 11.8 Å². The zero-order chi connectivity index (χ0) is 57.6. The molecule has 392 valence electrons. The number of ether oxygens (including phenoxy) is 1. The fraction of sp³-hybridized carbons (Fsp3) is 0.120. The molecule has 82 heavy (non-hydrogen) atoms. The van der Waals surface area contributed by atoms with Crippen LogP contribution in [-0.2, 0) is 10.8 Å². The Morgan fingerprint density at radius 2 is 0.951 bits per heavy atom. The van der Waals surface area contributed by atoms with Gasteiger partial charge in [-0.25, -0.2) is 0 Å². The Labute approximate surface area is 483 Å². The lowest BCUT2D eigenvalue weighted by Crippen LogP contribution is -2.58. The maximum Gasteiger partial charge on any atom is 0.263 e. The first-order valence-electron chi connectivity index (χ1n) is 29.8. The molecule has 0 N–H and O–H groups in total. The van der Waals surface area contributed by atoms with Gasteiger partial charge in [0.05, 0.1) is 22.1 Å². The average Bonchev–Trinajstić information content (AvgIpc) is 1.60. The number of furan rings is 2. The summed E-state index contributed by atoms with van der Waals surface area (Å²) in [6.07, 6.45) is 0. The molecule has 17 rings (SSSR count). The SMILES string of the molecule is [2H]C([2H])([2H])c1cc2c3c(c1)Sc1c(c4oc5ccccc5c4c4c5ccc(-c6ccccc6)cc5n(-c5ccccc5)c14)B3c1c(c3c(c4ccc(-c5ccccc5)cc4n3-c3cc(C(C)(C)C)cc(C(C)(C)C)c3)c3c1oc1ccccc13)O2. The molecular formula is C75H55BN2O3S. The molecule has 0 spiro atoms. The minimum Gasteiger partial charge on any atom is -0.457 e. The molecule has 15 aromatic rings. The lowest BCUT2D eigenvalue weighted by Gasteiger charge is -2.34. The maximum absolute atomic E-state index is 9.11. The van der Waals surface area contributed by atoms with Gasteiger partial charge in [0, 0.05) is 73.8 Å². The van der Waals surface area contributed by atoms with Crippen LogP contribution in [0.2, 0.25) is 0 Å². The molecule has 0 atom stereocenters. The van der Waals surface area contributed by atoms with Crippen LogP contribution in [0.5, 0.6) is 11.5 Å². The second kappa shape index (κ2) is 16.9. The number of rotatable bonds is 4. The molecule has 11 aromatic carbocycles. The van der Waals surface area contributed by atoms with E-state index in [4.69, 9.17) is 17.7 Å². The van der Waals surface area contributed by atoms with Crippen molar-refractivity contribution in [1.82, 2.24) is 9.13 Å². The van der Waals surface area contributed by atoms with Crippen LogP contribution < -0.4 is 21.1 Å². The van der Waals surface area contributed by atoms with Crippen molar-refractivity contribution in [2.75, 3.05) is 0 Å². The summed E-state index contributed by atoms with van der Waals surface area (Å²) in [7, 11) is 0. The number of fused-ring (bicyclic) bond motifs is 22. The Hall–Kier alpha value is -9.17. The summed E-state index contributed by atoms with van der Waals surface area (Å²) >= 11 is 1.61.